The van der Waals surface area contributed by atoms with Crippen LogP contribution in [0.5, 0.6) is 0 Å². The molecule has 1 aromatic heterocycles. The summed E-state index contributed by atoms with van der Waals surface area (Å²) in [4.78, 5) is 2.44. The Morgan fingerprint density at radius 1 is 0.449 bits per heavy atom. The second-order valence-corrected chi connectivity index (χ2v) is 13.8. The molecule has 0 saturated heterocycles. The molecule has 0 aliphatic heterocycles. The minimum absolute atomic E-state index is 0.0556. The van der Waals surface area contributed by atoms with Crippen LogP contribution in [0, 0.1) is 0 Å². The maximum absolute atomic E-state index is 6.25. The second kappa shape index (κ2) is 10.4. The van der Waals surface area contributed by atoms with E-state index in [1.807, 2.05) is 12.1 Å². The highest BCUT2D eigenvalue weighted by Crippen LogP contribution is 2.51. The Morgan fingerprint density at radius 2 is 1.14 bits per heavy atom. The van der Waals surface area contributed by atoms with E-state index in [0.717, 1.165) is 33.6 Å². The number of fused-ring (bicyclic) bond motifs is 9. The average Bonchev–Trinajstić information content (AvgIpc) is 3.64. The second-order valence-electron chi connectivity index (χ2n) is 13.8. The highest BCUT2D eigenvalue weighted by atomic mass is 16.3. The molecule has 0 atom stereocenters. The molecule has 0 unspecified atom stereocenters. The maximum Gasteiger partial charge on any atom is 0.136 e. The van der Waals surface area contributed by atoms with Crippen LogP contribution in [-0.4, -0.2) is 0 Å². The third kappa shape index (κ3) is 4.20. The topological polar surface area (TPSA) is 16.4 Å². The lowest BCUT2D eigenvalue weighted by molar-refractivity contribution is 0.660. The molecule has 0 spiro atoms. The molecule has 8 aromatic carbocycles. The molecular formula is C47H33NO. The number of hydrogen-bond donors (Lipinski definition) is 0. The van der Waals surface area contributed by atoms with Gasteiger partial charge in [0.1, 0.15) is 11.2 Å². The SMILES string of the molecule is CC1(C)c2ccccc2-c2cc(N(c3ccc4c(ccc5oc6ccccc6c54)c3)c3ccccc3-c3ccc4ccccc4c3)ccc21. The number of furan rings is 1. The minimum Gasteiger partial charge on any atom is -0.456 e. The van der Waals surface area contributed by atoms with E-state index < -0.39 is 0 Å². The van der Waals surface area contributed by atoms with Crippen molar-refractivity contribution in [3.8, 4) is 22.3 Å². The lowest BCUT2D eigenvalue weighted by Crippen LogP contribution is -2.15. The Morgan fingerprint density at radius 3 is 2.06 bits per heavy atom. The van der Waals surface area contributed by atoms with Crippen molar-refractivity contribution in [1.29, 1.82) is 0 Å². The molecule has 1 aliphatic carbocycles. The number of benzene rings is 8. The molecule has 0 fully saturated rings. The predicted octanol–water partition coefficient (Wildman–Crippen LogP) is 13.3. The molecule has 1 aliphatic rings. The van der Waals surface area contributed by atoms with Crippen LogP contribution in [0.3, 0.4) is 0 Å². The first kappa shape index (κ1) is 27.9. The van der Waals surface area contributed by atoms with Crippen LogP contribution >= 0.6 is 0 Å². The molecule has 2 nitrogen and oxygen atoms in total. The third-order valence-electron chi connectivity index (χ3n) is 10.6. The zero-order chi connectivity index (χ0) is 32.7. The number of para-hydroxylation sites is 2. The number of rotatable bonds is 4. The smallest absolute Gasteiger partial charge is 0.136 e. The standard InChI is InChI=1S/C47H33NO/c1-47(2)41-16-8-5-14-38(41)40-29-35(23-25-42(40)47)48(43-17-9-6-13-36(43)32-20-19-30-11-3-4-12-31(30)27-32)34-22-24-37-33(28-34)21-26-45-46(37)39-15-7-10-18-44(39)49-45/h3-29H,1-2H3. The molecule has 1 heterocycles. The number of hydrogen-bond acceptors (Lipinski definition) is 2. The van der Waals surface area contributed by atoms with Gasteiger partial charge in [0.2, 0.25) is 0 Å². The Labute approximate surface area is 285 Å². The van der Waals surface area contributed by atoms with Crippen molar-refractivity contribution < 1.29 is 4.42 Å². The van der Waals surface area contributed by atoms with Crippen LogP contribution in [0.1, 0.15) is 25.0 Å². The van der Waals surface area contributed by atoms with E-state index in [-0.39, 0.29) is 5.41 Å². The van der Waals surface area contributed by atoms with Gasteiger partial charge in [-0.3, -0.25) is 0 Å². The summed E-state index contributed by atoms with van der Waals surface area (Å²) in [5, 5.41) is 7.16. The van der Waals surface area contributed by atoms with Crippen LogP contribution in [-0.2, 0) is 5.41 Å². The molecule has 0 amide bonds. The fraction of sp³-hybridized carbons (Fsp3) is 0.0638. The van der Waals surface area contributed by atoms with Gasteiger partial charge in [-0.05, 0) is 97.9 Å². The largest absolute Gasteiger partial charge is 0.456 e. The number of nitrogens with zero attached hydrogens (tertiary/aromatic N) is 1. The lowest BCUT2D eigenvalue weighted by Gasteiger charge is -2.29. The van der Waals surface area contributed by atoms with Crippen molar-refractivity contribution in [1.82, 2.24) is 0 Å². The van der Waals surface area contributed by atoms with Gasteiger partial charge in [-0.15, -0.1) is 0 Å². The Kier molecular flexibility index (Phi) is 5.95. The van der Waals surface area contributed by atoms with E-state index in [2.05, 4.69) is 170 Å². The molecule has 0 bridgehead atoms. The fourth-order valence-corrected chi connectivity index (χ4v) is 8.22. The first-order valence-electron chi connectivity index (χ1n) is 17.0. The van der Waals surface area contributed by atoms with Crippen LogP contribution in [0.15, 0.2) is 168 Å². The maximum atomic E-state index is 6.25. The van der Waals surface area contributed by atoms with Gasteiger partial charge >= 0.3 is 0 Å². The van der Waals surface area contributed by atoms with Crippen LogP contribution in [0.4, 0.5) is 17.1 Å². The van der Waals surface area contributed by atoms with Crippen LogP contribution < -0.4 is 4.90 Å². The zero-order valence-electron chi connectivity index (χ0n) is 27.4. The number of anilines is 3. The molecule has 232 valence electrons. The van der Waals surface area contributed by atoms with Gasteiger partial charge in [-0.2, -0.15) is 0 Å². The van der Waals surface area contributed by atoms with E-state index in [0.29, 0.717) is 0 Å². The van der Waals surface area contributed by atoms with Crippen LogP contribution in [0.25, 0.3) is 65.7 Å². The third-order valence-corrected chi connectivity index (χ3v) is 10.6. The molecule has 0 N–H and O–H groups in total. The molecule has 2 heteroatoms. The van der Waals surface area contributed by atoms with Gasteiger partial charge in [-0.25, -0.2) is 0 Å². The Bertz CT molecular complexity index is 2770. The van der Waals surface area contributed by atoms with Gasteiger partial charge in [0.25, 0.3) is 0 Å². The van der Waals surface area contributed by atoms with E-state index in [1.54, 1.807) is 0 Å². The summed E-state index contributed by atoms with van der Waals surface area (Å²) in [5.74, 6) is 0. The van der Waals surface area contributed by atoms with Gasteiger partial charge in [0.15, 0.2) is 0 Å². The first-order valence-corrected chi connectivity index (χ1v) is 17.0. The highest BCUT2D eigenvalue weighted by molar-refractivity contribution is 6.19. The van der Waals surface area contributed by atoms with Crippen molar-refractivity contribution >= 4 is 60.5 Å². The monoisotopic (exact) mass is 627 g/mol. The average molecular weight is 628 g/mol. The summed E-state index contributed by atoms with van der Waals surface area (Å²) in [7, 11) is 0. The lowest BCUT2D eigenvalue weighted by atomic mass is 9.82. The normalized spacial score (nSPS) is 13.3. The molecule has 0 saturated carbocycles. The summed E-state index contributed by atoms with van der Waals surface area (Å²) in [6.45, 7) is 4.68. The van der Waals surface area contributed by atoms with E-state index in [1.165, 1.54) is 60.3 Å². The van der Waals surface area contributed by atoms with Crippen molar-refractivity contribution in [3.05, 3.63) is 175 Å². The first-order chi connectivity index (χ1) is 24.0. The Hall–Kier alpha value is -6.12. The summed E-state index contributed by atoms with van der Waals surface area (Å²) >= 11 is 0. The van der Waals surface area contributed by atoms with Gasteiger partial charge < -0.3 is 9.32 Å². The van der Waals surface area contributed by atoms with E-state index >= 15 is 0 Å². The molecule has 9 aromatic rings. The molecule has 49 heavy (non-hydrogen) atoms. The Balaban J connectivity index is 1.22. The summed E-state index contributed by atoms with van der Waals surface area (Å²) in [5.41, 5.74) is 12.9. The van der Waals surface area contributed by atoms with E-state index in [4.69, 9.17) is 4.42 Å². The summed E-state index contributed by atoms with van der Waals surface area (Å²) in [6.07, 6.45) is 0. The van der Waals surface area contributed by atoms with Crippen LogP contribution in [0.2, 0.25) is 0 Å². The summed E-state index contributed by atoms with van der Waals surface area (Å²) in [6, 6.07) is 59.6. The van der Waals surface area contributed by atoms with Crippen molar-refractivity contribution in [2.45, 2.75) is 19.3 Å². The fourth-order valence-electron chi connectivity index (χ4n) is 8.22. The van der Waals surface area contributed by atoms with Gasteiger partial charge in [0.05, 0.1) is 5.69 Å². The van der Waals surface area contributed by atoms with Gasteiger partial charge in [0, 0.05) is 33.1 Å². The van der Waals surface area contributed by atoms with Crippen molar-refractivity contribution in [2.24, 2.45) is 0 Å². The minimum atomic E-state index is -0.0556. The zero-order valence-corrected chi connectivity index (χ0v) is 27.4. The van der Waals surface area contributed by atoms with Crippen molar-refractivity contribution in [3.63, 3.8) is 0 Å². The summed E-state index contributed by atoms with van der Waals surface area (Å²) < 4.78 is 6.25. The molecular weight excluding hydrogens is 595 g/mol. The van der Waals surface area contributed by atoms with E-state index in [9.17, 15) is 0 Å². The molecule has 10 rings (SSSR count). The highest BCUT2D eigenvalue weighted by Gasteiger charge is 2.35. The predicted molar refractivity (Wildman–Crippen MR) is 206 cm³/mol. The quantitative estimate of drug-likeness (QED) is 0.193. The molecule has 0 radical (unpaired) electrons. The van der Waals surface area contributed by atoms with Crippen molar-refractivity contribution in [2.75, 3.05) is 4.90 Å². The van der Waals surface area contributed by atoms with Gasteiger partial charge in [-0.1, -0.05) is 129 Å².